The number of methoxy groups -OCH3 is 1. The Bertz CT molecular complexity index is 872. The maximum absolute atomic E-state index is 5.54. The van der Waals surface area contributed by atoms with Crippen LogP contribution in [-0.2, 0) is 6.54 Å². The zero-order valence-corrected chi connectivity index (χ0v) is 17.3. The SMILES string of the molecule is CN=C(NCCC(C)c1ccc(OC)cc1)NCc1coc(-c2cccs2)n1. The number of benzene rings is 1. The molecule has 2 aromatic heterocycles. The van der Waals surface area contributed by atoms with Crippen molar-refractivity contribution in [1.29, 1.82) is 0 Å². The van der Waals surface area contributed by atoms with E-state index in [1.54, 1.807) is 31.8 Å². The maximum atomic E-state index is 5.54. The van der Waals surface area contributed by atoms with Crippen LogP contribution in [0.4, 0.5) is 0 Å². The third-order valence-electron chi connectivity index (χ3n) is 4.50. The summed E-state index contributed by atoms with van der Waals surface area (Å²) in [6.07, 6.45) is 2.68. The fraction of sp³-hybridized carbons (Fsp3) is 0.333. The molecular formula is C21H26N4O2S. The molecule has 0 fully saturated rings. The minimum absolute atomic E-state index is 0.445. The first-order valence-corrected chi connectivity index (χ1v) is 10.1. The molecule has 0 amide bonds. The van der Waals surface area contributed by atoms with Crippen molar-refractivity contribution in [3.05, 3.63) is 59.3 Å². The van der Waals surface area contributed by atoms with Gasteiger partial charge in [-0.05, 0) is 41.5 Å². The quantitative estimate of drug-likeness (QED) is 0.438. The van der Waals surface area contributed by atoms with Crippen molar-refractivity contribution in [3.63, 3.8) is 0 Å². The molecule has 0 bridgehead atoms. The Kier molecular flexibility index (Phi) is 7.08. The summed E-state index contributed by atoms with van der Waals surface area (Å²) in [7, 11) is 3.45. The van der Waals surface area contributed by atoms with Crippen LogP contribution in [0.2, 0.25) is 0 Å². The number of aliphatic imine (C=N–C) groups is 1. The molecule has 2 heterocycles. The molecule has 0 aliphatic rings. The van der Waals surface area contributed by atoms with E-state index in [1.807, 2.05) is 29.6 Å². The summed E-state index contributed by atoms with van der Waals surface area (Å²) in [5.74, 6) is 2.74. The first-order valence-electron chi connectivity index (χ1n) is 9.26. The minimum atomic E-state index is 0.445. The Labute approximate surface area is 169 Å². The maximum Gasteiger partial charge on any atom is 0.236 e. The first-order chi connectivity index (χ1) is 13.7. The van der Waals surface area contributed by atoms with Crippen molar-refractivity contribution in [1.82, 2.24) is 15.6 Å². The predicted molar refractivity (Wildman–Crippen MR) is 114 cm³/mol. The van der Waals surface area contributed by atoms with E-state index >= 15 is 0 Å². The molecule has 0 aliphatic heterocycles. The fourth-order valence-corrected chi connectivity index (χ4v) is 3.46. The molecule has 3 rings (SSSR count). The van der Waals surface area contributed by atoms with Crippen LogP contribution in [0.5, 0.6) is 5.75 Å². The smallest absolute Gasteiger partial charge is 0.236 e. The topological polar surface area (TPSA) is 71.7 Å². The molecule has 1 atom stereocenters. The molecule has 3 aromatic rings. The third kappa shape index (κ3) is 5.36. The van der Waals surface area contributed by atoms with Crippen molar-refractivity contribution >= 4 is 17.3 Å². The number of oxazole rings is 1. The fourth-order valence-electron chi connectivity index (χ4n) is 2.80. The third-order valence-corrected chi connectivity index (χ3v) is 5.36. The van der Waals surface area contributed by atoms with E-state index in [0.29, 0.717) is 18.4 Å². The van der Waals surface area contributed by atoms with Crippen LogP contribution in [0, 0.1) is 0 Å². The summed E-state index contributed by atoms with van der Waals surface area (Å²) in [6.45, 7) is 3.61. The normalized spacial score (nSPS) is 12.6. The molecule has 1 aromatic carbocycles. The summed E-state index contributed by atoms with van der Waals surface area (Å²) in [6, 6.07) is 12.2. The van der Waals surface area contributed by atoms with Crippen LogP contribution in [-0.4, -0.2) is 31.6 Å². The Balaban J connectivity index is 1.43. The minimum Gasteiger partial charge on any atom is -0.497 e. The highest BCUT2D eigenvalue weighted by Crippen LogP contribution is 2.23. The second kappa shape index (κ2) is 9.94. The average Bonchev–Trinajstić information content (AvgIpc) is 3.42. The molecule has 0 saturated carbocycles. The van der Waals surface area contributed by atoms with Crippen LogP contribution in [0.25, 0.3) is 10.8 Å². The van der Waals surface area contributed by atoms with Crippen LogP contribution >= 0.6 is 11.3 Å². The van der Waals surface area contributed by atoms with E-state index in [1.165, 1.54) is 5.56 Å². The van der Waals surface area contributed by atoms with Crippen molar-refractivity contribution in [3.8, 4) is 16.5 Å². The molecule has 2 N–H and O–H groups in total. The lowest BCUT2D eigenvalue weighted by atomic mass is 9.98. The first kappa shape index (κ1) is 19.9. The molecule has 0 spiro atoms. The number of thiophene rings is 1. The van der Waals surface area contributed by atoms with Gasteiger partial charge in [0, 0.05) is 13.6 Å². The molecule has 0 saturated heterocycles. The van der Waals surface area contributed by atoms with Gasteiger partial charge in [0.15, 0.2) is 5.96 Å². The summed E-state index contributed by atoms with van der Waals surface area (Å²) < 4.78 is 10.8. The number of guanidine groups is 1. The zero-order chi connectivity index (χ0) is 19.8. The van der Waals surface area contributed by atoms with Gasteiger partial charge in [0.05, 0.1) is 24.2 Å². The van der Waals surface area contributed by atoms with Gasteiger partial charge < -0.3 is 19.8 Å². The Morgan fingerprint density at radius 3 is 2.75 bits per heavy atom. The lowest BCUT2D eigenvalue weighted by Crippen LogP contribution is -2.37. The van der Waals surface area contributed by atoms with E-state index < -0.39 is 0 Å². The lowest BCUT2D eigenvalue weighted by molar-refractivity contribution is 0.414. The summed E-state index contributed by atoms with van der Waals surface area (Å²) in [5.41, 5.74) is 2.15. The monoisotopic (exact) mass is 398 g/mol. The largest absolute Gasteiger partial charge is 0.497 e. The molecule has 28 heavy (non-hydrogen) atoms. The van der Waals surface area contributed by atoms with Gasteiger partial charge in [-0.1, -0.05) is 25.1 Å². The number of aromatic nitrogens is 1. The van der Waals surface area contributed by atoms with Gasteiger partial charge >= 0.3 is 0 Å². The number of hydrogen-bond acceptors (Lipinski definition) is 5. The highest BCUT2D eigenvalue weighted by atomic mass is 32.1. The Morgan fingerprint density at radius 1 is 1.25 bits per heavy atom. The Hall–Kier alpha value is -2.80. The number of nitrogens with zero attached hydrogens (tertiary/aromatic N) is 2. The second-order valence-corrected chi connectivity index (χ2v) is 7.38. The van der Waals surface area contributed by atoms with Crippen LogP contribution in [0.15, 0.2) is 57.5 Å². The standard InChI is InChI=1S/C21H26N4O2S/c1-15(16-6-8-18(26-3)9-7-16)10-11-23-21(22-2)24-13-17-14-27-20(25-17)19-5-4-12-28-19/h4-9,12,14-15H,10-11,13H2,1-3H3,(H2,22,23,24). The van der Waals surface area contributed by atoms with Crippen molar-refractivity contribution in [2.45, 2.75) is 25.8 Å². The average molecular weight is 399 g/mol. The number of rotatable bonds is 8. The second-order valence-electron chi connectivity index (χ2n) is 6.44. The molecule has 148 valence electrons. The molecular weight excluding hydrogens is 372 g/mol. The lowest BCUT2D eigenvalue weighted by Gasteiger charge is -2.15. The Morgan fingerprint density at radius 2 is 2.07 bits per heavy atom. The van der Waals surface area contributed by atoms with Gasteiger partial charge in [0.1, 0.15) is 12.0 Å². The number of nitrogens with one attached hydrogen (secondary N) is 2. The van der Waals surface area contributed by atoms with E-state index in [9.17, 15) is 0 Å². The van der Waals surface area contributed by atoms with E-state index in [4.69, 9.17) is 9.15 Å². The van der Waals surface area contributed by atoms with Gasteiger partial charge in [0.2, 0.25) is 5.89 Å². The van der Waals surface area contributed by atoms with E-state index in [-0.39, 0.29) is 0 Å². The summed E-state index contributed by atoms with van der Waals surface area (Å²) in [5, 5.41) is 8.64. The van der Waals surface area contributed by atoms with E-state index in [0.717, 1.165) is 35.2 Å². The van der Waals surface area contributed by atoms with Crippen LogP contribution in [0.3, 0.4) is 0 Å². The number of hydrogen-bond donors (Lipinski definition) is 2. The van der Waals surface area contributed by atoms with Crippen LogP contribution < -0.4 is 15.4 Å². The van der Waals surface area contributed by atoms with Gasteiger partial charge in [-0.25, -0.2) is 4.98 Å². The summed E-state index contributed by atoms with van der Waals surface area (Å²) in [4.78, 5) is 9.81. The van der Waals surface area contributed by atoms with Gasteiger partial charge in [-0.2, -0.15) is 0 Å². The van der Waals surface area contributed by atoms with E-state index in [2.05, 4.69) is 39.7 Å². The molecule has 0 aliphatic carbocycles. The summed E-state index contributed by atoms with van der Waals surface area (Å²) >= 11 is 1.61. The molecule has 0 radical (unpaired) electrons. The van der Waals surface area contributed by atoms with Gasteiger partial charge in [-0.15, -0.1) is 11.3 Å². The highest BCUT2D eigenvalue weighted by molar-refractivity contribution is 7.13. The predicted octanol–water partition coefficient (Wildman–Crippen LogP) is 4.27. The molecule has 1 unspecified atom stereocenters. The molecule has 6 nitrogen and oxygen atoms in total. The highest BCUT2D eigenvalue weighted by Gasteiger charge is 2.09. The van der Waals surface area contributed by atoms with Gasteiger partial charge in [-0.3, -0.25) is 4.99 Å². The van der Waals surface area contributed by atoms with Gasteiger partial charge in [0.25, 0.3) is 0 Å². The van der Waals surface area contributed by atoms with Crippen molar-refractivity contribution < 1.29 is 9.15 Å². The van der Waals surface area contributed by atoms with Crippen molar-refractivity contribution in [2.75, 3.05) is 20.7 Å². The zero-order valence-electron chi connectivity index (χ0n) is 16.4. The van der Waals surface area contributed by atoms with Crippen molar-refractivity contribution in [2.24, 2.45) is 4.99 Å². The number of ether oxygens (including phenoxy) is 1. The van der Waals surface area contributed by atoms with Crippen LogP contribution in [0.1, 0.15) is 30.5 Å². The molecule has 7 heteroatoms.